The Bertz CT molecular complexity index is 781. The molecule has 0 fully saturated rings. The van der Waals surface area contributed by atoms with E-state index in [1.165, 1.54) is 0 Å². The Balaban J connectivity index is 0.000000284. The fourth-order valence-corrected chi connectivity index (χ4v) is 2.51. The second kappa shape index (κ2) is 11.9. The molecule has 0 aliphatic rings. The van der Waals surface area contributed by atoms with E-state index in [0.717, 1.165) is 22.1 Å². The Labute approximate surface area is 159 Å². The average molecular weight is 375 g/mol. The number of furan rings is 1. The Kier molecular flexibility index (Phi) is 9.79. The predicted octanol–water partition coefficient (Wildman–Crippen LogP) is 5.50. The maximum Gasteiger partial charge on any atom is 0.185 e. The van der Waals surface area contributed by atoms with Crippen LogP contribution in [0.25, 0.3) is 0 Å². The lowest BCUT2D eigenvalue weighted by Crippen LogP contribution is -1.93. The summed E-state index contributed by atoms with van der Waals surface area (Å²) >= 11 is 1.63. The van der Waals surface area contributed by atoms with Crippen LogP contribution >= 0.6 is 11.3 Å². The molecule has 0 aliphatic heterocycles. The number of carbonyl (C=O) groups excluding carboxylic acids is 1. The Morgan fingerprint density at radius 2 is 2.00 bits per heavy atom. The summed E-state index contributed by atoms with van der Waals surface area (Å²) in [4.78, 5) is 14.5. The van der Waals surface area contributed by atoms with Crippen LogP contribution in [0, 0.1) is 13.8 Å². The molecule has 3 rings (SSSR count). The van der Waals surface area contributed by atoms with E-state index in [4.69, 9.17) is 9.15 Å². The van der Waals surface area contributed by atoms with Crippen molar-refractivity contribution < 1.29 is 13.9 Å². The van der Waals surface area contributed by atoms with Crippen molar-refractivity contribution in [1.82, 2.24) is 4.98 Å². The number of hydrogen-bond acceptors (Lipinski definition) is 6. The summed E-state index contributed by atoms with van der Waals surface area (Å²) in [5.74, 6) is 1.76. The van der Waals surface area contributed by atoms with Gasteiger partial charge in [0, 0.05) is 12.4 Å². The molecular formula is C20H26N2O3S. The van der Waals surface area contributed by atoms with Crippen molar-refractivity contribution in [3.05, 3.63) is 64.6 Å². The zero-order chi connectivity index (χ0) is 19.4. The van der Waals surface area contributed by atoms with Crippen molar-refractivity contribution in [2.24, 2.45) is 0 Å². The molecule has 5 nitrogen and oxygen atoms in total. The van der Waals surface area contributed by atoms with Crippen molar-refractivity contribution in [3.8, 4) is 5.75 Å². The number of aryl methyl sites for hydroxylation is 2. The number of rotatable bonds is 5. The van der Waals surface area contributed by atoms with E-state index in [1.807, 2.05) is 64.4 Å². The molecule has 0 atom stereocenters. The van der Waals surface area contributed by atoms with E-state index in [9.17, 15) is 4.79 Å². The molecule has 0 aliphatic carbocycles. The predicted molar refractivity (Wildman–Crippen MR) is 107 cm³/mol. The van der Waals surface area contributed by atoms with Gasteiger partial charge in [-0.3, -0.25) is 4.79 Å². The summed E-state index contributed by atoms with van der Waals surface area (Å²) in [6.07, 6.45) is 0.677. The number of nitrogens with zero attached hydrogens (tertiary/aromatic N) is 1. The van der Waals surface area contributed by atoms with Gasteiger partial charge in [0.05, 0.1) is 5.69 Å². The zero-order valence-electron chi connectivity index (χ0n) is 15.9. The van der Waals surface area contributed by atoms with Crippen LogP contribution in [-0.4, -0.2) is 18.3 Å². The molecule has 0 spiro atoms. The topological polar surface area (TPSA) is 64.4 Å². The molecule has 0 saturated carbocycles. The van der Waals surface area contributed by atoms with Crippen LogP contribution in [0.1, 0.15) is 41.4 Å². The zero-order valence-corrected chi connectivity index (χ0v) is 16.7. The summed E-state index contributed by atoms with van der Waals surface area (Å²) < 4.78 is 10.7. The third-order valence-electron chi connectivity index (χ3n) is 3.00. The van der Waals surface area contributed by atoms with E-state index in [-0.39, 0.29) is 0 Å². The lowest BCUT2D eigenvalue weighted by molar-refractivity contribution is 0.109. The minimum absolute atomic E-state index is 0.322. The Morgan fingerprint density at radius 1 is 1.23 bits per heavy atom. The van der Waals surface area contributed by atoms with Crippen LogP contribution in [0.5, 0.6) is 5.75 Å². The van der Waals surface area contributed by atoms with Crippen molar-refractivity contribution in [2.75, 3.05) is 12.4 Å². The van der Waals surface area contributed by atoms with Gasteiger partial charge in [0.15, 0.2) is 17.2 Å². The largest absolute Gasteiger partial charge is 0.486 e. The highest BCUT2D eigenvalue weighted by Gasteiger charge is 2.02. The molecule has 140 valence electrons. The lowest BCUT2D eigenvalue weighted by atomic mass is 10.2. The minimum Gasteiger partial charge on any atom is -0.486 e. The summed E-state index contributed by atoms with van der Waals surface area (Å²) in [6.45, 7) is 8.32. The van der Waals surface area contributed by atoms with Gasteiger partial charge in [0.25, 0.3) is 0 Å². The first-order valence-corrected chi connectivity index (χ1v) is 9.32. The van der Waals surface area contributed by atoms with Gasteiger partial charge in [-0.2, -0.15) is 0 Å². The quantitative estimate of drug-likeness (QED) is 0.598. The molecular weight excluding hydrogens is 348 g/mol. The van der Waals surface area contributed by atoms with Gasteiger partial charge in [-0.05, 0) is 43.7 Å². The summed E-state index contributed by atoms with van der Waals surface area (Å²) in [5.41, 5.74) is 2.23. The van der Waals surface area contributed by atoms with Crippen molar-refractivity contribution in [3.63, 3.8) is 0 Å². The lowest BCUT2D eigenvalue weighted by Gasteiger charge is -2.04. The molecule has 2 heterocycles. The van der Waals surface area contributed by atoms with Crippen LogP contribution in [0.4, 0.5) is 5.13 Å². The fraction of sp³-hybridized carbons (Fsp3) is 0.300. The second-order valence-corrected chi connectivity index (χ2v) is 5.93. The highest BCUT2D eigenvalue weighted by atomic mass is 32.1. The second-order valence-electron chi connectivity index (χ2n) is 5.07. The molecule has 0 radical (unpaired) electrons. The molecule has 3 aromatic rings. The molecule has 0 amide bonds. The van der Waals surface area contributed by atoms with Crippen LogP contribution in [0.3, 0.4) is 0 Å². The number of thiazole rings is 1. The molecule has 1 aromatic carbocycles. The van der Waals surface area contributed by atoms with E-state index >= 15 is 0 Å². The van der Waals surface area contributed by atoms with Gasteiger partial charge in [-0.1, -0.05) is 26.0 Å². The monoisotopic (exact) mass is 374 g/mol. The van der Waals surface area contributed by atoms with E-state index < -0.39 is 0 Å². The maximum atomic E-state index is 10.4. The summed E-state index contributed by atoms with van der Waals surface area (Å²) in [6, 6.07) is 11.1. The fourth-order valence-electron chi connectivity index (χ4n) is 1.86. The third kappa shape index (κ3) is 7.53. The summed E-state index contributed by atoms with van der Waals surface area (Å²) in [5, 5.41) is 5.96. The first-order valence-electron chi connectivity index (χ1n) is 8.44. The van der Waals surface area contributed by atoms with Crippen molar-refractivity contribution in [1.29, 1.82) is 0 Å². The maximum absolute atomic E-state index is 10.4. The van der Waals surface area contributed by atoms with Gasteiger partial charge in [0.2, 0.25) is 0 Å². The number of ether oxygens (including phenoxy) is 1. The highest BCUT2D eigenvalue weighted by molar-refractivity contribution is 7.13. The normalized spacial score (nSPS) is 9.27. The molecule has 0 saturated heterocycles. The average Bonchev–Trinajstić information content (AvgIpc) is 3.31. The van der Waals surface area contributed by atoms with Gasteiger partial charge < -0.3 is 14.5 Å². The molecule has 0 bridgehead atoms. The number of aromatic nitrogens is 1. The number of benzene rings is 1. The van der Waals surface area contributed by atoms with Gasteiger partial charge in [-0.15, -0.1) is 11.3 Å². The van der Waals surface area contributed by atoms with Gasteiger partial charge in [0.1, 0.15) is 18.1 Å². The molecule has 1 N–H and O–H groups in total. The van der Waals surface area contributed by atoms with Gasteiger partial charge >= 0.3 is 0 Å². The van der Waals surface area contributed by atoms with E-state index in [0.29, 0.717) is 24.4 Å². The van der Waals surface area contributed by atoms with Crippen LogP contribution in [-0.2, 0) is 6.61 Å². The molecule has 2 aromatic heterocycles. The number of anilines is 1. The Hall–Kier alpha value is -2.60. The smallest absolute Gasteiger partial charge is 0.185 e. The number of carbonyl (C=O) groups is 1. The molecule has 0 unspecified atom stereocenters. The van der Waals surface area contributed by atoms with Crippen LogP contribution < -0.4 is 10.1 Å². The SMILES string of the molecule is CC.CNc1nc(C)cs1.Cc1cccc(OCc2ccc(C=O)o2)c1. The number of aldehydes is 1. The van der Waals surface area contributed by atoms with E-state index in [1.54, 1.807) is 23.5 Å². The standard InChI is InChI=1S/C13H12O3.C5H8N2S.C2H6/c1-10-3-2-4-11(7-10)15-9-13-6-5-12(8-14)16-13;1-4-3-8-5(6-2)7-4;1-2/h2-8H,9H2,1H3;3H,1-2H3,(H,6,7);1-2H3. The first-order chi connectivity index (χ1) is 12.6. The van der Waals surface area contributed by atoms with Gasteiger partial charge in [-0.25, -0.2) is 4.98 Å². The minimum atomic E-state index is 0.322. The first kappa shape index (κ1) is 21.4. The van der Waals surface area contributed by atoms with E-state index in [2.05, 4.69) is 10.3 Å². The van der Waals surface area contributed by atoms with Crippen LogP contribution in [0.15, 0.2) is 46.2 Å². The number of hydrogen-bond donors (Lipinski definition) is 1. The third-order valence-corrected chi connectivity index (χ3v) is 3.98. The summed E-state index contributed by atoms with van der Waals surface area (Å²) in [7, 11) is 1.87. The van der Waals surface area contributed by atoms with Crippen LogP contribution in [0.2, 0.25) is 0 Å². The molecule has 26 heavy (non-hydrogen) atoms. The van der Waals surface area contributed by atoms with Crippen molar-refractivity contribution >= 4 is 22.8 Å². The highest BCUT2D eigenvalue weighted by Crippen LogP contribution is 2.15. The molecule has 6 heteroatoms. The Morgan fingerprint density at radius 3 is 2.50 bits per heavy atom. The number of nitrogens with one attached hydrogen (secondary N) is 1. The van der Waals surface area contributed by atoms with Crippen molar-refractivity contribution in [2.45, 2.75) is 34.3 Å².